The summed E-state index contributed by atoms with van der Waals surface area (Å²) in [6.07, 6.45) is 0. The molecule has 0 saturated heterocycles. The van der Waals surface area contributed by atoms with Crippen molar-refractivity contribution >= 4 is 11.6 Å². The maximum Gasteiger partial charge on any atom is 0.218 e. The van der Waals surface area contributed by atoms with E-state index < -0.39 is 0 Å². The first-order chi connectivity index (χ1) is 6.27. The van der Waals surface area contributed by atoms with E-state index in [1.54, 1.807) is 0 Å². The number of aliphatic imine (C=N–C) groups is 1. The maximum absolute atomic E-state index is 5.78. The molecule has 0 fully saturated rings. The van der Waals surface area contributed by atoms with Gasteiger partial charge in [0.2, 0.25) is 5.90 Å². The van der Waals surface area contributed by atoms with Gasteiger partial charge in [-0.05, 0) is 19.1 Å². The second-order valence-electron chi connectivity index (χ2n) is 3.18. The van der Waals surface area contributed by atoms with E-state index >= 15 is 0 Å². The van der Waals surface area contributed by atoms with Crippen molar-refractivity contribution in [3.63, 3.8) is 0 Å². The van der Waals surface area contributed by atoms with Gasteiger partial charge in [0.05, 0.1) is 11.6 Å². The van der Waals surface area contributed by atoms with Gasteiger partial charge in [-0.15, -0.1) is 0 Å². The molecule has 0 aliphatic carbocycles. The van der Waals surface area contributed by atoms with Crippen LogP contribution in [0.4, 0.5) is 5.69 Å². The average Bonchev–Trinajstić information content (AvgIpc) is 2.53. The van der Waals surface area contributed by atoms with Crippen LogP contribution in [0.2, 0.25) is 0 Å². The minimum absolute atomic E-state index is 0.245. The van der Waals surface area contributed by atoms with E-state index in [9.17, 15) is 0 Å². The molecule has 3 heteroatoms. The van der Waals surface area contributed by atoms with E-state index in [4.69, 9.17) is 10.5 Å². The largest absolute Gasteiger partial charge is 0.475 e. The van der Waals surface area contributed by atoms with Gasteiger partial charge in [-0.25, -0.2) is 4.99 Å². The molecule has 1 atom stereocenters. The third-order valence-electron chi connectivity index (χ3n) is 1.99. The van der Waals surface area contributed by atoms with Crippen molar-refractivity contribution in [3.8, 4) is 0 Å². The van der Waals surface area contributed by atoms with Gasteiger partial charge in [0.25, 0.3) is 0 Å². The van der Waals surface area contributed by atoms with Gasteiger partial charge in [-0.2, -0.15) is 0 Å². The third-order valence-corrected chi connectivity index (χ3v) is 1.99. The first kappa shape index (κ1) is 8.10. The molecular formula is C10H12N2O. The Balaban J connectivity index is 2.36. The molecule has 13 heavy (non-hydrogen) atoms. The Bertz CT molecular complexity index is 347. The van der Waals surface area contributed by atoms with Gasteiger partial charge < -0.3 is 10.5 Å². The highest BCUT2D eigenvalue weighted by Gasteiger charge is 2.17. The molecule has 2 N–H and O–H groups in total. The van der Waals surface area contributed by atoms with E-state index in [-0.39, 0.29) is 6.04 Å². The Labute approximate surface area is 77.2 Å². The number of ether oxygens (including phenoxy) is 1. The van der Waals surface area contributed by atoms with Crippen LogP contribution in [-0.2, 0) is 4.74 Å². The molecule has 2 rings (SSSR count). The van der Waals surface area contributed by atoms with E-state index in [1.165, 1.54) is 0 Å². The van der Waals surface area contributed by atoms with E-state index in [0.717, 1.165) is 11.3 Å². The van der Waals surface area contributed by atoms with E-state index in [1.807, 2.05) is 31.2 Å². The van der Waals surface area contributed by atoms with Gasteiger partial charge in [-0.1, -0.05) is 12.1 Å². The second-order valence-corrected chi connectivity index (χ2v) is 3.18. The van der Waals surface area contributed by atoms with Crippen molar-refractivity contribution in [1.82, 2.24) is 0 Å². The Morgan fingerprint density at radius 1 is 1.46 bits per heavy atom. The highest BCUT2D eigenvalue weighted by Crippen LogP contribution is 2.17. The number of hydrogen-bond donors (Lipinski definition) is 1. The number of anilines is 1. The molecule has 3 nitrogen and oxygen atoms in total. The summed E-state index contributed by atoms with van der Waals surface area (Å²) >= 11 is 0. The van der Waals surface area contributed by atoms with Crippen LogP contribution in [0.3, 0.4) is 0 Å². The molecule has 1 aliphatic rings. The normalized spacial score (nSPS) is 21.0. The van der Waals surface area contributed by atoms with Gasteiger partial charge in [0.15, 0.2) is 0 Å². The number of nitrogens with zero attached hydrogens (tertiary/aromatic N) is 1. The number of nitrogens with two attached hydrogens (primary N) is 1. The molecule has 0 spiro atoms. The Kier molecular flexibility index (Phi) is 1.93. The smallest absolute Gasteiger partial charge is 0.218 e. The fourth-order valence-electron chi connectivity index (χ4n) is 1.31. The molecule has 68 valence electrons. The molecule has 0 aromatic heterocycles. The topological polar surface area (TPSA) is 47.6 Å². The minimum Gasteiger partial charge on any atom is -0.475 e. The Morgan fingerprint density at radius 3 is 2.85 bits per heavy atom. The SMILES string of the molecule is C[C@@H]1COC(c2ccccc2N)=N1. The molecule has 1 aromatic rings. The van der Waals surface area contributed by atoms with Gasteiger partial charge >= 0.3 is 0 Å². The maximum atomic E-state index is 5.78. The highest BCUT2D eigenvalue weighted by atomic mass is 16.5. The monoisotopic (exact) mass is 176 g/mol. The summed E-state index contributed by atoms with van der Waals surface area (Å²) in [6.45, 7) is 2.68. The minimum atomic E-state index is 0.245. The second kappa shape index (κ2) is 3.09. The zero-order chi connectivity index (χ0) is 9.26. The number of rotatable bonds is 1. The van der Waals surface area contributed by atoms with Crippen LogP contribution in [0.25, 0.3) is 0 Å². The Morgan fingerprint density at radius 2 is 2.23 bits per heavy atom. The number of para-hydroxylation sites is 1. The Hall–Kier alpha value is -1.51. The molecule has 0 bridgehead atoms. The number of nitrogen functional groups attached to an aromatic ring is 1. The molecular weight excluding hydrogens is 164 g/mol. The molecule has 0 saturated carbocycles. The van der Waals surface area contributed by atoms with Gasteiger partial charge in [-0.3, -0.25) is 0 Å². The number of hydrogen-bond acceptors (Lipinski definition) is 3. The van der Waals surface area contributed by atoms with Crippen LogP contribution >= 0.6 is 0 Å². The first-order valence-electron chi connectivity index (χ1n) is 4.33. The summed E-state index contributed by atoms with van der Waals surface area (Å²) in [5, 5.41) is 0. The van der Waals surface area contributed by atoms with Crippen molar-refractivity contribution in [3.05, 3.63) is 29.8 Å². The van der Waals surface area contributed by atoms with Crippen LogP contribution in [0, 0.1) is 0 Å². The summed E-state index contributed by atoms with van der Waals surface area (Å²) in [6, 6.07) is 7.85. The summed E-state index contributed by atoms with van der Waals surface area (Å²) in [5.41, 5.74) is 7.40. The van der Waals surface area contributed by atoms with Crippen LogP contribution in [0.15, 0.2) is 29.3 Å². The lowest BCUT2D eigenvalue weighted by atomic mass is 10.2. The quantitative estimate of drug-likeness (QED) is 0.658. The van der Waals surface area contributed by atoms with E-state index in [0.29, 0.717) is 12.5 Å². The predicted octanol–water partition coefficient (Wildman–Crippen LogP) is 1.43. The lowest BCUT2D eigenvalue weighted by Crippen LogP contribution is -2.04. The first-order valence-corrected chi connectivity index (χ1v) is 4.33. The number of benzene rings is 1. The summed E-state index contributed by atoms with van der Waals surface area (Å²) in [4.78, 5) is 4.33. The standard InChI is InChI=1S/C10H12N2O/c1-7-6-13-10(12-7)8-4-2-3-5-9(8)11/h2-5,7H,6,11H2,1H3/t7-/m1/s1. The van der Waals surface area contributed by atoms with Crippen LogP contribution < -0.4 is 5.73 Å². The van der Waals surface area contributed by atoms with Gasteiger partial charge in [0, 0.05) is 5.69 Å². The predicted molar refractivity (Wildman–Crippen MR) is 52.8 cm³/mol. The van der Waals surface area contributed by atoms with Crippen LogP contribution in [-0.4, -0.2) is 18.5 Å². The van der Waals surface area contributed by atoms with Crippen molar-refractivity contribution in [2.75, 3.05) is 12.3 Å². The molecule has 1 aromatic carbocycles. The zero-order valence-electron chi connectivity index (χ0n) is 7.53. The lowest BCUT2D eigenvalue weighted by Gasteiger charge is -2.03. The van der Waals surface area contributed by atoms with Crippen molar-refractivity contribution in [2.45, 2.75) is 13.0 Å². The highest BCUT2D eigenvalue weighted by molar-refractivity contribution is 5.99. The average molecular weight is 176 g/mol. The summed E-state index contributed by atoms with van der Waals surface area (Å²) < 4.78 is 5.40. The zero-order valence-corrected chi connectivity index (χ0v) is 7.53. The van der Waals surface area contributed by atoms with Crippen LogP contribution in [0.1, 0.15) is 12.5 Å². The van der Waals surface area contributed by atoms with E-state index in [2.05, 4.69) is 4.99 Å². The third kappa shape index (κ3) is 1.49. The van der Waals surface area contributed by atoms with Gasteiger partial charge in [0.1, 0.15) is 6.61 Å². The molecule has 1 aliphatic heterocycles. The fourth-order valence-corrected chi connectivity index (χ4v) is 1.31. The van der Waals surface area contributed by atoms with Crippen molar-refractivity contribution in [2.24, 2.45) is 4.99 Å². The van der Waals surface area contributed by atoms with Crippen molar-refractivity contribution in [1.29, 1.82) is 0 Å². The summed E-state index contributed by atoms with van der Waals surface area (Å²) in [5.74, 6) is 0.672. The fraction of sp³-hybridized carbons (Fsp3) is 0.300. The van der Waals surface area contributed by atoms with Crippen LogP contribution in [0.5, 0.6) is 0 Å². The molecule has 0 unspecified atom stereocenters. The summed E-state index contributed by atoms with van der Waals surface area (Å²) in [7, 11) is 0. The lowest BCUT2D eigenvalue weighted by molar-refractivity contribution is 0.324. The van der Waals surface area contributed by atoms with Crippen molar-refractivity contribution < 1.29 is 4.74 Å². The molecule has 0 amide bonds. The molecule has 0 radical (unpaired) electrons. The molecule has 1 heterocycles.